The molecule has 0 spiro atoms. The van der Waals surface area contributed by atoms with Crippen LogP contribution in [0.2, 0.25) is 0 Å². The standard InChI is InChI=1S/C30H47F5O13/c1-37-4-5-39-8-9-41-12-13-43-16-17-45-20-21-47-23-22-46-19-18-44-15-14-42-11-10-40-7-6-38-3-2-24(36)48-30-28(34)26(32)25(31)27(33)29(30)35/h2-23H2,1H3. The lowest BCUT2D eigenvalue weighted by molar-refractivity contribution is -0.136. The molecular formula is C30H47F5O13. The Bertz CT molecular complexity index is 920. The highest BCUT2D eigenvalue weighted by molar-refractivity contribution is 5.72. The maximum atomic E-state index is 13.5. The van der Waals surface area contributed by atoms with Crippen molar-refractivity contribution in [3.05, 3.63) is 29.1 Å². The second kappa shape index (κ2) is 30.9. The molecule has 1 aromatic rings. The zero-order chi connectivity index (χ0) is 35.1. The van der Waals surface area contributed by atoms with Gasteiger partial charge in [-0.25, -0.2) is 13.2 Å². The lowest BCUT2D eigenvalue weighted by Gasteiger charge is -2.09. The van der Waals surface area contributed by atoms with Gasteiger partial charge in [0.1, 0.15) is 0 Å². The topological polar surface area (TPSA) is 128 Å². The molecule has 0 fully saturated rings. The molecule has 0 radical (unpaired) electrons. The molecule has 0 heterocycles. The number of benzene rings is 1. The summed E-state index contributed by atoms with van der Waals surface area (Å²) in [6, 6.07) is 0. The molecule has 1 rings (SSSR count). The summed E-state index contributed by atoms with van der Waals surface area (Å²) in [6.45, 7) is 8.08. The van der Waals surface area contributed by atoms with Gasteiger partial charge in [0.2, 0.25) is 34.8 Å². The molecule has 0 aliphatic rings. The predicted molar refractivity (Wildman–Crippen MR) is 157 cm³/mol. The summed E-state index contributed by atoms with van der Waals surface area (Å²) in [7, 11) is 1.62. The Morgan fingerprint density at radius 1 is 0.375 bits per heavy atom. The molecule has 1 aromatic carbocycles. The largest absolute Gasteiger partial charge is 0.420 e. The van der Waals surface area contributed by atoms with Gasteiger partial charge in [0, 0.05) is 7.11 Å². The molecule has 0 aromatic heterocycles. The van der Waals surface area contributed by atoms with Gasteiger partial charge in [-0.15, -0.1) is 0 Å². The zero-order valence-electron chi connectivity index (χ0n) is 27.3. The fourth-order valence-electron chi connectivity index (χ4n) is 3.22. The first-order valence-electron chi connectivity index (χ1n) is 15.4. The van der Waals surface area contributed by atoms with Crippen molar-refractivity contribution in [2.45, 2.75) is 6.42 Å². The van der Waals surface area contributed by atoms with Crippen molar-refractivity contribution >= 4 is 5.97 Å². The highest BCUT2D eigenvalue weighted by Crippen LogP contribution is 2.29. The molecule has 280 valence electrons. The molecule has 0 unspecified atom stereocenters. The Labute approximate surface area is 277 Å². The van der Waals surface area contributed by atoms with Gasteiger partial charge < -0.3 is 56.8 Å². The van der Waals surface area contributed by atoms with Crippen LogP contribution < -0.4 is 4.74 Å². The van der Waals surface area contributed by atoms with E-state index >= 15 is 0 Å². The number of hydrogen-bond acceptors (Lipinski definition) is 13. The summed E-state index contributed by atoms with van der Waals surface area (Å²) in [5.41, 5.74) is 0. The first-order valence-corrected chi connectivity index (χ1v) is 15.4. The molecule has 0 N–H and O–H groups in total. The Balaban J connectivity index is 1.75. The fourth-order valence-corrected chi connectivity index (χ4v) is 3.22. The third-order valence-electron chi connectivity index (χ3n) is 5.62. The number of halogens is 5. The number of ether oxygens (including phenoxy) is 12. The van der Waals surface area contributed by atoms with Crippen LogP contribution in [0.1, 0.15) is 6.42 Å². The Morgan fingerprint density at radius 3 is 0.875 bits per heavy atom. The highest BCUT2D eigenvalue weighted by Gasteiger charge is 2.28. The number of methoxy groups -OCH3 is 1. The number of esters is 1. The monoisotopic (exact) mass is 710 g/mol. The van der Waals surface area contributed by atoms with Crippen molar-refractivity contribution in [3.63, 3.8) is 0 Å². The average Bonchev–Trinajstić information content (AvgIpc) is 3.08. The minimum atomic E-state index is -2.35. The lowest BCUT2D eigenvalue weighted by atomic mass is 10.2. The molecule has 0 bridgehead atoms. The van der Waals surface area contributed by atoms with Crippen LogP contribution in [0.4, 0.5) is 22.0 Å². The van der Waals surface area contributed by atoms with E-state index in [1.165, 1.54) is 0 Å². The SMILES string of the molecule is COCCOCCOCCOCCOCCOCCOCCOCCOCCOCCOCCC(=O)Oc1c(F)c(F)c(F)c(F)c1F. The van der Waals surface area contributed by atoms with Crippen LogP contribution in [-0.4, -0.2) is 152 Å². The van der Waals surface area contributed by atoms with Gasteiger partial charge in [0.05, 0.1) is 145 Å². The first kappa shape index (κ1) is 43.9. The zero-order valence-corrected chi connectivity index (χ0v) is 27.3. The van der Waals surface area contributed by atoms with E-state index in [9.17, 15) is 26.7 Å². The summed E-state index contributed by atoms with van der Waals surface area (Å²) in [4.78, 5) is 11.6. The van der Waals surface area contributed by atoms with Crippen LogP contribution in [0, 0.1) is 29.1 Å². The summed E-state index contributed by atoms with van der Waals surface area (Å²) in [5, 5.41) is 0. The molecule has 48 heavy (non-hydrogen) atoms. The van der Waals surface area contributed by atoms with E-state index in [2.05, 4.69) is 4.74 Å². The maximum Gasteiger partial charge on any atom is 0.313 e. The third-order valence-corrected chi connectivity index (χ3v) is 5.62. The Morgan fingerprint density at radius 2 is 0.604 bits per heavy atom. The van der Waals surface area contributed by atoms with Gasteiger partial charge in [0.15, 0.2) is 0 Å². The van der Waals surface area contributed by atoms with E-state index in [-0.39, 0.29) is 26.4 Å². The van der Waals surface area contributed by atoms with E-state index < -0.39 is 47.2 Å². The van der Waals surface area contributed by atoms with E-state index in [1.54, 1.807) is 7.11 Å². The van der Waals surface area contributed by atoms with Gasteiger partial charge in [-0.05, 0) is 0 Å². The Hall–Kier alpha value is -2.10. The van der Waals surface area contributed by atoms with E-state index in [4.69, 9.17) is 52.1 Å². The van der Waals surface area contributed by atoms with E-state index in [0.717, 1.165) is 0 Å². The molecule has 0 aliphatic carbocycles. The van der Waals surface area contributed by atoms with Crippen molar-refractivity contribution in [2.75, 3.05) is 146 Å². The van der Waals surface area contributed by atoms with Crippen LogP contribution in [-0.2, 0) is 56.9 Å². The van der Waals surface area contributed by atoms with E-state index in [0.29, 0.717) is 112 Å². The molecule has 0 aliphatic heterocycles. The molecule has 0 amide bonds. The quantitative estimate of drug-likeness (QED) is 0.0260. The lowest BCUT2D eigenvalue weighted by Crippen LogP contribution is -2.16. The molecule has 0 saturated carbocycles. The fraction of sp³-hybridized carbons (Fsp3) is 0.767. The van der Waals surface area contributed by atoms with Gasteiger partial charge >= 0.3 is 5.97 Å². The highest BCUT2D eigenvalue weighted by atomic mass is 19.2. The molecule has 18 heteroatoms. The van der Waals surface area contributed by atoms with Crippen molar-refractivity contribution in [1.29, 1.82) is 0 Å². The van der Waals surface area contributed by atoms with Crippen LogP contribution in [0.3, 0.4) is 0 Å². The van der Waals surface area contributed by atoms with Crippen LogP contribution in [0.25, 0.3) is 0 Å². The van der Waals surface area contributed by atoms with Gasteiger partial charge in [-0.3, -0.25) is 4.79 Å². The van der Waals surface area contributed by atoms with Crippen molar-refractivity contribution in [3.8, 4) is 5.75 Å². The summed E-state index contributed by atoms with van der Waals surface area (Å²) < 4.78 is 129. The van der Waals surface area contributed by atoms with Crippen LogP contribution >= 0.6 is 0 Å². The maximum absolute atomic E-state index is 13.5. The minimum Gasteiger partial charge on any atom is -0.420 e. The number of hydrogen-bond donors (Lipinski definition) is 0. The van der Waals surface area contributed by atoms with Crippen LogP contribution in [0.5, 0.6) is 5.75 Å². The van der Waals surface area contributed by atoms with Gasteiger partial charge in [0.25, 0.3) is 0 Å². The van der Waals surface area contributed by atoms with Crippen LogP contribution in [0.15, 0.2) is 0 Å². The molecule has 0 saturated heterocycles. The average molecular weight is 711 g/mol. The second-order valence-corrected chi connectivity index (χ2v) is 9.24. The first-order chi connectivity index (χ1) is 23.4. The van der Waals surface area contributed by atoms with Crippen molar-refractivity contribution < 1.29 is 83.6 Å². The molecule has 0 atom stereocenters. The number of rotatable bonds is 34. The minimum absolute atomic E-state index is 0.0815. The molecule has 13 nitrogen and oxygen atoms in total. The number of carbonyl (C=O) groups excluding carboxylic acids is 1. The van der Waals surface area contributed by atoms with Gasteiger partial charge in [-0.2, -0.15) is 8.78 Å². The second-order valence-electron chi connectivity index (χ2n) is 9.24. The summed E-state index contributed by atoms with van der Waals surface area (Å²) in [5.74, 6) is -14.1. The Kier molecular flexibility index (Phi) is 28.3. The predicted octanol–water partition coefficient (Wildman–Crippen LogP) is 2.49. The smallest absolute Gasteiger partial charge is 0.313 e. The summed E-state index contributed by atoms with van der Waals surface area (Å²) in [6.07, 6.45) is -0.486. The summed E-state index contributed by atoms with van der Waals surface area (Å²) >= 11 is 0. The third kappa shape index (κ3) is 22.5. The van der Waals surface area contributed by atoms with E-state index in [1.807, 2.05) is 0 Å². The number of carbonyl (C=O) groups is 1. The molecular weight excluding hydrogens is 663 g/mol. The normalized spacial score (nSPS) is 11.5. The van der Waals surface area contributed by atoms with Crippen molar-refractivity contribution in [1.82, 2.24) is 0 Å². The van der Waals surface area contributed by atoms with Gasteiger partial charge in [-0.1, -0.05) is 0 Å². The van der Waals surface area contributed by atoms with Crippen molar-refractivity contribution in [2.24, 2.45) is 0 Å².